The number of benzene rings is 1. The fourth-order valence-corrected chi connectivity index (χ4v) is 7.16. The molecule has 0 amide bonds. The molecular weight excluding hydrogens is 368 g/mol. The number of aryl methyl sites for hydroxylation is 1. The number of thiazole rings is 1. The number of hydrogen-bond acceptors (Lipinski definition) is 6. The predicted molar refractivity (Wildman–Crippen MR) is 100.0 cm³/mol. The fourth-order valence-electron chi connectivity index (χ4n) is 4.14. The quantitative estimate of drug-likeness (QED) is 0.690. The lowest BCUT2D eigenvalue weighted by atomic mass is 9.95. The smallest absolute Gasteiger partial charge is 0.183 e. The van der Waals surface area contributed by atoms with Gasteiger partial charge in [0.1, 0.15) is 0 Å². The number of hydrogen-bond donors (Lipinski definition) is 0. The van der Waals surface area contributed by atoms with Crippen LogP contribution in [-0.4, -0.2) is 36.6 Å². The van der Waals surface area contributed by atoms with E-state index in [0.717, 1.165) is 35.5 Å². The van der Waals surface area contributed by atoms with Gasteiger partial charge in [-0.1, -0.05) is 6.07 Å². The summed E-state index contributed by atoms with van der Waals surface area (Å²) < 4.78 is 31.2. The van der Waals surface area contributed by atoms with E-state index >= 15 is 0 Å². The summed E-state index contributed by atoms with van der Waals surface area (Å²) in [6.45, 7) is 4.13. The molecule has 2 atom stereocenters. The van der Waals surface area contributed by atoms with Crippen LogP contribution in [0.4, 0.5) is 0 Å². The molecule has 0 aliphatic carbocycles. The third kappa shape index (κ3) is 2.38. The number of nitrogens with zero attached hydrogens (tertiary/aromatic N) is 2. The van der Waals surface area contributed by atoms with Gasteiger partial charge in [0.25, 0.3) is 0 Å². The number of furan rings is 1. The van der Waals surface area contributed by atoms with E-state index in [1.165, 1.54) is 4.88 Å². The van der Waals surface area contributed by atoms with Gasteiger partial charge in [0, 0.05) is 36.0 Å². The van der Waals surface area contributed by atoms with E-state index in [0.29, 0.717) is 11.4 Å². The van der Waals surface area contributed by atoms with E-state index in [1.807, 2.05) is 30.6 Å². The van der Waals surface area contributed by atoms with E-state index < -0.39 is 9.84 Å². The van der Waals surface area contributed by atoms with E-state index in [1.54, 1.807) is 29.9 Å². The zero-order chi connectivity index (χ0) is 17.9. The van der Waals surface area contributed by atoms with E-state index in [-0.39, 0.29) is 11.2 Å². The molecule has 2 aromatic heterocycles. The maximum absolute atomic E-state index is 13.0. The van der Waals surface area contributed by atoms with Crippen molar-refractivity contribution in [3.63, 3.8) is 0 Å². The van der Waals surface area contributed by atoms with Gasteiger partial charge in [0.2, 0.25) is 0 Å². The molecule has 134 valence electrons. The maximum atomic E-state index is 13.0. The third-order valence-electron chi connectivity index (χ3n) is 5.52. The maximum Gasteiger partial charge on any atom is 0.183 e. The molecule has 4 heterocycles. The van der Waals surface area contributed by atoms with E-state index in [4.69, 9.17) is 4.42 Å². The van der Waals surface area contributed by atoms with Gasteiger partial charge in [-0.25, -0.2) is 13.4 Å². The van der Waals surface area contributed by atoms with Gasteiger partial charge in [-0.2, -0.15) is 0 Å². The monoisotopic (exact) mass is 386 g/mol. The molecular formula is C19H18N2O3S2. The van der Waals surface area contributed by atoms with Gasteiger partial charge < -0.3 is 4.42 Å². The van der Waals surface area contributed by atoms with Crippen molar-refractivity contribution in [1.29, 1.82) is 0 Å². The van der Waals surface area contributed by atoms with Crippen LogP contribution >= 0.6 is 11.3 Å². The van der Waals surface area contributed by atoms with Crippen LogP contribution in [0.25, 0.3) is 11.1 Å². The van der Waals surface area contributed by atoms with Crippen LogP contribution in [0.15, 0.2) is 51.6 Å². The lowest BCUT2D eigenvalue weighted by Gasteiger charge is -2.16. The summed E-state index contributed by atoms with van der Waals surface area (Å²) in [6.07, 6.45) is 3.33. The van der Waals surface area contributed by atoms with Crippen molar-refractivity contribution < 1.29 is 12.8 Å². The minimum absolute atomic E-state index is 0.0371. The summed E-state index contributed by atoms with van der Waals surface area (Å²) in [7, 11) is -3.27. The number of sulfone groups is 1. The Morgan fingerprint density at radius 3 is 2.88 bits per heavy atom. The van der Waals surface area contributed by atoms with Crippen LogP contribution in [0, 0.1) is 6.92 Å². The summed E-state index contributed by atoms with van der Waals surface area (Å²) in [5, 5.41) is -0.342. The summed E-state index contributed by atoms with van der Waals surface area (Å²) >= 11 is 1.64. The minimum atomic E-state index is -3.27. The highest BCUT2D eigenvalue weighted by Crippen LogP contribution is 2.46. The predicted octanol–water partition coefficient (Wildman–Crippen LogP) is 3.47. The molecule has 7 heteroatoms. The average Bonchev–Trinajstić information content (AvgIpc) is 3.38. The first kappa shape index (κ1) is 16.2. The SMILES string of the molecule is Cc1ncsc1CN1C[C@@H]2c3cc(-c4ccoc4)ccc3S(=O)(=O)[C@@H]2C1. The first-order valence-corrected chi connectivity index (χ1v) is 11.0. The molecule has 5 rings (SSSR count). The third-order valence-corrected chi connectivity index (χ3v) is 8.70. The van der Waals surface area contributed by atoms with Crippen LogP contribution in [0.1, 0.15) is 22.1 Å². The second kappa shape index (κ2) is 5.77. The van der Waals surface area contributed by atoms with Crippen molar-refractivity contribution in [2.75, 3.05) is 13.1 Å². The topological polar surface area (TPSA) is 63.4 Å². The molecule has 3 aromatic rings. The Balaban J connectivity index is 1.50. The normalized spacial score (nSPS) is 23.9. The summed E-state index contributed by atoms with van der Waals surface area (Å²) in [5.74, 6) is 0.0371. The highest BCUT2D eigenvalue weighted by Gasteiger charge is 2.50. The van der Waals surface area contributed by atoms with Crippen molar-refractivity contribution in [3.05, 3.63) is 58.4 Å². The molecule has 1 fully saturated rings. The van der Waals surface area contributed by atoms with Crippen molar-refractivity contribution in [2.24, 2.45) is 0 Å². The van der Waals surface area contributed by atoms with Gasteiger partial charge in [-0.3, -0.25) is 4.90 Å². The highest BCUT2D eigenvalue weighted by atomic mass is 32.2. The van der Waals surface area contributed by atoms with Gasteiger partial charge >= 0.3 is 0 Å². The van der Waals surface area contributed by atoms with Crippen LogP contribution in [0.2, 0.25) is 0 Å². The van der Waals surface area contributed by atoms with Crippen molar-refractivity contribution in [2.45, 2.75) is 29.5 Å². The zero-order valence-electron chi connectivity index (χ0n) is 14.3. The summed E-state index contributed by atoms with van der Waals surface area (Å²) in [6, 6.07) is 7.57. The first-order chi connectivity index (χ1) is 12.5. The van der Waals surface area contributed by atoms with E-state index in [2.05, 4.69) is 9.88 Å². The highest BCUT2D eigenvalue weighted by molar-refractivity contribution is 7.92. The lowest BCUT2D eigenvalue weighted by molar-refractivity contribution is 0.327. The minimum Gasteiger partial charge on any atom is -0.472 e. The van der Waals surface area contributed by atoms with Gasteiger partial charge in [-0.15, -0.1) is 11.3 Å². The fraction of sp³-hybridized carbons (Fsp3) is 0.316. The second-order valence-electron chi connectivity index (χ2n) is 7.01. The molecule has 2 aliphatic rings. The summed E-state index contributed by atoms with van der Waals surface area (Å²) in [4.78, 5) is 8.28. The van der Waals surface area contributed by atoms with Crippen molar-refractivity contribution >= 4 is 21.2 Å². The number of likely N-dealkylation sites (tertiary alicyclic amines) is 1. The van der Waals surface area contributed by atoms with Crippen LogP contribution in [0.5, 0.6) is 0 Å². The molecule has 0 unspecified atom stereocenters. The average molecular weight is 386 g/mol. The Kier molecular flexibility index (Phi) is 3.60. The Hall–Kier alpha value is -1.96. The Morgan fingerprint density at radius 1 is 1.27 bits per heavy atom. The number of fused-ring (bicyclic) bond motifs is 3. The number of aromatic nitrogens is 1. The van der Waals surface area contributed by atoms with Crippen molar-refractivity contribution in [3.8, 4) is 11.1 Å². The summed E-state index contributed by atoms with van der Waals surface area (Å²) in [5.41, 5.74) is 5.83. The number of rotatable bonds is 3. The molecule has 1 aromatic carbocycles. The Labute approximate surface area is 156 Å². The molecule has 0 radical (unpaired) electrons. The first-order valence-electron chi connectivity index (χ1n) is 8.56. The molecule has 1 saturated heterocycles. The Morgan fingerprint density at radius 2 is 2.15 bits per heavy atom. The largest absolute Gasteiger partial charge is 0.472 e. The zero-order valence-corrected chi connectivity index (χ0v) is 15.9. The lowest BCUT2D eigenvalue weighted by Crippen LogP contribution is -2.25. The van der Waals surface area contributed by atoms with Crippen molar-refractivity contribution in [1.82, 2.24) is 9.88 Å². The molecule has 0 saturated carbocycles. The van der Waals surface area contributed by atoms with Crippen LogP contribution in [0.3, 0.4) is 0 Å². The molecule has 0 N–H and O–H groups in total. The van der Waals surface area contributed by atoms with Crippen LogP contribution in [-0.2, 0) is 16.4 Å². The molecule has 5 nitrogen and oxygen atoms in total. The second-order valence-corrected chi connectivity index (χ2v) is 10.1. The molecule has 26 heavy (non-hydrogen) atoms. The molecule has 0 spiro atoms. The van der Waals surface area contributed by atoms with E-state index in [9.17, 15) is 8.42 Å². The standard InChI is InChI=1S/C19H18N2O3S2/c1-12-17(25-11-20-12)8-21-7-16-15-6-13(14-4-5-24-10-14)2-3-18(15)26(22,23)19(16)9-21/h2-6,10-11,16,19H,7-9H2,1H3/t16-,19-/m1/s1. The molecule has 2 aliphatic heterocycles. The van der Waals surface area contributed by atoms with Gasteiger partial charge in [0.05, 0.1) is 33.9 Å². The van der Waals surface area contributed by atoms with Gasteiger partial charge in [0.15, 0.2) is 9.84 Å². The van der Waals surface area contributed by atoms with Gasteiger partial charge in [-0.05, 0) is 36.2 Å². The molecule has 0 bridgehead atoms. The Bertz CT molecular complexity index is 1070. The van der Waals surface area contributed by atoms with Crippen LogP contribution < -0.4 is 0 Å².